The Kier molecular flexibility index (Phi) is 5.46. The number of halogens is 1. The summed E-state index contributed by atoms with van der Waals surface area (Å²) in [7, 11) is 0. The summed E-state index contributed by atoms with van der Waals surface area (Å²) in [6.07, 6.45) is 0. The molecule has 0 saturated heterocycles. The van der Waals surface area contributed by atoms with Crippen LogP contribution in [0.4, 0.5) is 5.69 Å². The minimum Gasteiger partial charge on any atom is -0.325 e. The fourth-order valence-corrected chi connectivity index (χ4v) is 3.65. The number of aromatic nitrogens is 1. The lowest BCUT2D eigenvalue weighted by Crippen LogP contribution is -2.14. The highest BCUT2D eigenvalue weighted by Crippen LogP contribution is 2.29. The summed E-state index contributed by atoms with van der Waals surface area (Å²) in [6.45, 7) is 3.57. The molecule has 26 heavy (non-hydrogen) atoms. The van der Waals surface area contributed by atoms with E-state index in [1.54, 1.807) is 13.8 Å². The molecule has 0 unspecified atom stereocenters. The summed E-state index contributed by atoms with van der Waals surface area (Å²) in [4.78, 5) is 16.6. The van der Waals surface area contributed by atoms with Crippen LogP contribution in [0, 0.1) is 25.2 Å². The number of aryl methyl sites for hydroxylation is 1. The van der Waals surface area contributed by atoms with Gasteiger partial charge in [0.2, 0.25) is 5.91 Å². The number of amides is 1. The van der Waals surface area contributed by atoms with Gasteiger partial charge < -0.3 is 5.32 Å². The highest BCUT2D eigenvalue weighted by atomic mass is 35.5. The first kappa shape index (κ1) is 18.2. The van der Waals surface area contributed by atoms with Crippen molar-refractivity contribution in [2.24, 2.45) is 0 Å². The molecule has 0 aliphatic rings. The topological polar surface area (TPSA) is 65.8 Å². The molecule has 0 bridgehead atoms. The van der Waals surface area contributed by atoms with Gasteiger partial charge in [0.15, 0.2) is 0 Å². The molecule has 3 rings (SSSR count). The molecule has 0 aliphatic carbocycles. The lowest BCUT2D eigenvalue weighted by Gasteiger charge is -2.10. The first-order valence-electron chi connectivity index (χ1n) is 7.98. The van der Waals surface area contributed by atoms with Crippen LogP contribution in [-0.2, 0) is 4.79 Å². The number of benzene rings is 2. The normalized spacial score (nSPS) is 10.5. The maximum Gasteiger partial charge on any atom is 0.234 e. The van der Waals surface area contributed by atoms with E-state index in [4.69, 9.17) is 11.6 Å². The lowest BCUT2D eigenvalue weighted by molar-refractivity contribution is -0.113. The molecular formula is C20H16ClN3OS. The minimum absolute atomic E-state index is 0.152. The number of rotatable bonds is 4. The number of carbonyl (C=O) groups excluding carboxylic acids is 1. The Balaban J connectivity index is 1.72. The number of nitriles is 1. The highest BCUT2D eigenvalue weighted by molar-refractivity contribution is 8.00. The molecule has 1 aromatic heterocycles. The van der Waals surface area contributed by atoms with Crippen LogP contribution in [0.3, 0.4) is 0 Å². The van der Waals surface area contributed by atoms with Crippen molar-refractivity contribution in [2.75, 3.05) is 11.1 Å². The molecule has 4 nitrogen and oxygen atoms in total. The molecule has 130 valence electrons. The van der Waals surface area contributed by atoms with E-state index in [2.05, 4.69) is 16.4 Å². The number of nitrogens with one attached hydrogen (secondary N) is 1. The van der Waals surface area contributed by atoms with Crippen LogP contribution in [0.5, 0.6) is 0 Å². The maximum atomic E-state index is 12.3. The predicted molar refractivity (Wildman–Crippen MR) is 107 cm³/mol. The molecule has 6 heteroatoms. The van der Waals surface area contributed by atoms with Crippen LogP contribution in [0.1, 0.15) is 16.8 Å². The maximum absolute atomic E-state index is 12.3. The third-order valence-corrected chi connectivity index (χ3v) is 5.52. The monoisotopic (exact) mass is 381 g/mol. The smallest absolute Gasteiger partial charge is 0.234 e. The molecule has 0 aliphatic heterocycles. The number of fused-ring (bicyclic) bond motifs is 1. The first-order chi connectivity index (χ1) is 12.5. The largest absolute Gasteiger partial charge is 0.325 e. The number of anilines is 1. The van der Waals surface area contributed by atoms with Gasteiger partial charge in [-0.25, -0.2) is 4.98 Å². The van der Waals surface area contributed by atoms with Crippen molar-refractivity contribution in [2.45, 2.75) is 18.9 Å². The summed E-state index contributed by atoms with van der Waals surface area (Å²) >= 11 is 7.38. The molecule has 1 amide bonds. The summed E-state index contributed by atoms with van der Waals surface area (Å²) < 4.78 is 0. The van der Waals surface area contributed by atoms with E-state index in [-0.39, 0.29) is 11.7 Å². The number of hydrogen-bond acceptors (Lipinski definition) is 4. The van der Waals surface area contributed by atoms with Crippen LogP contribution in [-0.4, -0.2) is 16.6 Å². The number of carbonyl (C=O) groups is 1. The van der Waals surface area contributed by atoms with E-state index in [0.29, 0.717) is 26.9 Å². The van der Waals surface area contributed by atoms with E-state index in [1.807, 2.05) is 42.5 Å². The Morgan fingerprint density at radius 2 is 1.96 bits per heavy atom. The fraction of sp³-hybridized carbons (Fsp3) is 0.150. The molecule has 0 saturated carbocycles. The van der Waals surface area contributed by atoms with Crippen LogP contribution < -0.4 is 5.32 Å². The van der Waals surface area contributed by atoms with Crippen molar-refractivity contribution >= 4 is 45.7 Å². The van der Waals surface area contributed by atoms with Crippen molar-refractivity contribution < 1.29 is 4.79 Å². The molecule has 1 N–H and O–H groups in total. The zero-order chi connectivity index (χ0) is 18.7. The molecule has 1 heterocycles. The molecular weight excluding hydrogens is 366 g/mol. The highest BCUT2D eigenvalue weighted by Gasteiger charge is 2.15. The Morgan fingerprint density at radius 3 is 2.69 bits per heavy atom. The van der Waals surface area contributed by atoms with Crippen molar-refractivity contribution in [1.29, 1.82) is 5.26 Å². The van der Waals surface area contributed by atoms with Gasteiger partial charge in [0.1, 0.15) is 11.1 Å². The molecule has 0 fully saturated rings. The Hall–Kier alpha value is -2.55. The average molecular weight is 382 g/mol. The second-order valence-electron chi connectivity index (χ2n) is 5.83. The molecule has 2 aromatic carbocycles. The Morgan fingerprint density at radius 1 is 1.23 bits per heavy atom. The van der Waals surface area contributed by atoms with Crippen molar-refractivity contribution in [3.63, 3.8) is 0 Å². The number of pyridine rings is 1. The SMILES string of the molecule is Cc1nc(SCC(=O)Nc2ccc3ccccc3c2)c(C#N)c(C)c1Cl. The minimum atomic E-state index is -0.152. The number of nitrogens with zero attached hydrogens (tertiary/aromatic N) is 2. The van der Waals surface area contributed by atoms with Crippen molar-refractivity contribution in [1.82, 2.24) is 4.98 Å². The summed E-state index contributed by atoms with van der Waals surface area (Å²) in [6, 6.07) is 15.9. The second-order valence-corrected chi connectivity index (χ2v) is 7.17. The van der Waals surface area contributed by atoms with E-state index < -0.39 is 0 Å². The van der Waals surface area contributed by atoms with Crippen LogP contribution in [0.15, 0.2) is 47.5 Å². The summed E-state index contributed by atoms with van der Waals surface area (Å²) in [5, 5.41) is 15.4. The molecule has 0 atom stereocenters. The van der Waals surface area contributed by atoms with Gasteiger partial charge in [0, 0.05) is 5.69 Å². The standard InChI is InChI=1S/C20H16ClN3OS/c1-12-17(10-22)20(23-13(2)19(12)21)26-11-18(25)24-16-8-7-14-5-3-4-6-15(14)9-16/h3-9H,11H2,1-2H3,(H,24,25). The molecule has 3 aromatic rings. The van der Waals surface area contributed by atoms with Gasteiger partial charge in [0.25, 0.3) is 0 Å². The predicted octanol–water partition coefficient (Wildman–Crippen LogP) is 5.11. The zero-order valence-corrected chi connectivity index (χ0v) is 15.9. The third kappa shape index (κ3) is 3.82. The lowest BCUT2D eigenvalue weighted by atomic mass is 10.1. The number of hydrogen-bond donors (Lipinski definition) is 1. The Bertz CT molecular complexity index is 1040. The summed E-state index contributed by atoms with van der Waals surface area (Å²) in [5.41, 5.74) is 2.51. The average Bonchev–Trinajstić information content (AvgIpc) is 2.64. The van der Waals surface area contributed by atoms with Crippen LogP contribution >= 0.6 is 23.4 Å². The van der Waals surface area contributed by atoms with Crippen LogP contribution in [0.2, 0.25) is 5.02 Å². The van der Waals surface area contributed by atoms with Gasteiger partial charge in [-0.15, -0.1) is 0 Å². The van der Waals surface area contributed by atoms with E-state index in [0.717, 1.165) is 16.5 Å². The summed E-state index contributed by atoms with van der Waals surface area (Å²) in [5.74, 6) is 0.0101. The van der Waals surface area contributed by atoms with Gasteiger partial charge >= 0.3 is 0 Å². The quantitative estimate of drug-likeness (QED) is 0.638. The van der Waals surface area contributed by atoms with Gasteiger partial charge in [0.05, 0.1) is 22.0 Å². The Labute approximate surface area is 161 Å². The van der Waals surface area contributed by atoms with Crippen LogP contribution in [0.25, 0.3) is 10.8 Å². The zero-order valence-electron chi connectivity index (χ0n) is 14.3. The van der Waals surface area contributed by atoms with Gasteiger partial charge in [-0.1, -0.05) is 53.7 Å². The molecule has 0 spiro atoms. The van der Waals surface area contributed by atoms with Gasteiger partial charge in [-0.3, -0.25) is 4.79 Å². The van der Waals surface area contributed by atoms with Crippen molar-refractivity contribution in [3.8, 4) is 6.07 Å². The second kappa shape index (κ2) is 7.77. The van der Waals surface area contributed by atoms with E-state index in [1.165, 1.54) is 11.8 Å². The van der Waals surface area contributed by atoms with Gasteiger partial charge in [-0.2, -0.15) is 5.26 Å². The van der Waals surface area contributed by atoms with Crippen molar-refractivity contribution in [3.05, 3.63) is 64.3 Å². The molecule has 0 radical (unpaired) electrons. The fourth-order valence-electron chi connectivity index (χ4n) is 2.63. The number of thioether (sulfide) groups is 1. The third-order valence-electron chi connectivity index (χ3n) is 3.99. The first-order valence-corrected chi connectivity index (χ1v) is 9.34. The van der Waals surface area contributed by atoms with Gasteiger partial charge in [-0.05, 0) is 42.3 Å². The van der Waals surface area contributed by atoms with E-state index in [9.17, 15) is 10.1 Å². The van der Waals surface area contributed by atoms with E-state index >= 15 is 0 Å².